The standard InChI is InChI=1S/C20H21Cl3N4O2S/c1-29-16-5-3-2-4-15(16)26-12-13-27(19(26)30)18(20(21,22)23)25-17(28)7-6-14-8-10-24-11-9-14/h2-5,8-11,18H,6-7,12-13H2,1H3,(H,25,28). The third-order valence-electron chi connectivity index (χ3n) is 4.73. The van der Waals surface area contributed by atoms with E-state index in [1.165, 1.54) is 0 Å². The first-order valence-corrected chi connectivity index (χ1v) is 10.8. The van der Waals surface area contributed by atoms with Crippen LogP contribution in [0.25, 0.3) is 0 Å². The number of para-hydroxylation sites is 2. The average molecular weight is 488 g/mol. The van der Waals surface area contributed by atoms with Crippen molar-refractivity contribution in [1.82, 2.24) is 15.2 Å². The number of hydrogen-bond acceptors (Lipinski definition) is 4. The molecular weight excluding hydrogens is 467 g/mol. The highest BCUT2D eigenvalue weighted by atomic mass is 35.6. The van der Waals surface area contributed by atoms with Gasteiger partial charge in [-0.25, -0.2) is 0 Å². The van der Waals surface area contributed by atoms with E-state index in [-0.39, 0.29) is 12.3 Å². The molecule has 1 aromatic carbocycles. The molecule has 1 N–H and O–H groups in total. The highest BCUT2D eigenvalue weighted by molar-refractivity contribution is 7.80. The molecule has 1 unspecified atom stereocenters. The number of thiocarbonyl (C=S) groups is 1. The van der Waals surface area contributed by atoms with Gasteiger partial charge in [0.1, 0.15) is 5.75 Å². The topological polar surface area (TPSA) is 57.7 Å². The maximum Gasteiger partial charge on any atom is 0.228 e. The van der Waals surface area contributed by atoms with E-state index in [0.717, 1.165) is 11.3 Å². The van der Waals surface area contributed by atoms with Gasteiger partial charge in [0.25, 0.3) is 0 Å². The lowest BCUT2D eigenvalue weighted by atomic mass is 10.1. The maximum atomic E-state index is 12.6. The highest BCUT2D eigenvalue weighted by Gasteiger charge is 2.43. The van der Waals surface area contributed by atoms with Crippen LogP contribution >= 0.6 is 47.0 Å². The fourth-order valence-corrected chi connectivity index (χ4v) is 4.14. The molecule has 1 fully saturated rings. The van der Waals surface area contributed by atoms with Gasteiger partial charge in [0.15, 0.2) is 11.3 Å². The summed E-state index contributed by atoms with van der Waals surface area (Å²) in [6, 6.07) is 11.3. The van der Waals surface area contributed by atoms with Crippen molar-refractivity contribution >= 4 is 63.7 Å². The molecule has 0 bridgehead atoms. The number of halogens is 3. The van der Waals surface area contributed by atoms with Gasteiger partial charge in [0, 0.05) is 31.9 Å². The lowest BCUT2D eigenvalue weighted by Gasteiger charge is -2.35. The van der Waals surface area contributed by atoms with Crippen molar-refractivity contribution in [3.63, 3.8) is 0 Å². The second-order valence-electron chi connectivity index (χ2n) is 6.67. The fraction of sp³-hybridized carbons (Fsp3) is 0.350. The van der Waals surface area contributed by atoms with Crippen LogP contribution in [-0.4, -0.2) is 51.1 Å². The van der Waals surface area contributed by atoms with Crippen molar-refractivity contribution in [1.29, 1.82) is 0 Å². The average Bonchev–Trinajstić information content (AvgIpc) is 3.11. The molecule has 1 amide bonds. The Morgan fingerprint density at radius 3 is 2.60 bits per heavy atom. The van der Waals surface area contributed by atoms with Crippen molar-refractivity contribution in [2.45, 2.75) is 22.8 Å². The van der Waals surface area contributed by atoms with E-state index in [9.17, 15) is 4.79 Å². The number of nitrogens with one attached hydrogen (secondary N) is 1. The lowest BCUT2D eigenvalue weighted by Crippen LogP contribution is -2.56. The molecule has 1 aromatic heterocycles. The third-order valence-corrected chi connectivity index (χ3v) is 5.80. The number of amides is 1. The number of methoxy groups -OCH3 is 1. The van der Waals surface area contributed by atoms with Gasteiger partial charge >= 0.3 is 0 Å². The van der Waals surface area contributed by atoms with Crippen LogP contribution in [0.3, 0.4) is 0 Å². The van der Waals surface area contributed by atoms with Crippen LogP contribution in [0.4, 0.5) is 5.69 Å². The minimum absolute atomic E-state index is 0.235. The fourth-order valence-electron chi connectivity index (χ4n) is 3.24. The zero-order chi connectivity index (χ0) is 21.7. The third kappa shape index (κ3) is 5.46. The van der Waals surface area contributed by atoms with Crippen LogP contribution in [-0.2, 0) is 11.2 Å². The Bertz CT molecular complexity index is 895. The number of aryl methyl sites for hydroxylation is 1. The second-order valence-corrected chi connectivity index (χ2v) is 9.40. The van der Waals surface area contributed by atoms with Crippen LogP contribution in [0.15, 0.2) is 48.8 Å². The number of anilines is 1. The maximum absolute atomic E-state index is 12.6. The number of benzene rings is 1. The molecular formula is C20H21Cl3N4O2S. The Hall–Kier alpha value is -1.80. The number of pyridine rings is 1. The number of hydrogen-bond donors (Lipinski definition) is 1. The van der Waals surface area contributed by atoms with Crippen LogP contribution in [0.2, 0.25) is 0 Å². The molecule has 1 saturated heterocycles. The summed E-state index contributed by atoms with van der Waals surface area (Å²) in [6.45, 7) is 1.06. The Morgan fingerprint density at radius 1 is 1.23 bits per heavy atom. The lowest BCUT2D eigenvalue weighted by molar-refractivity contribution is -0.122. The molecule has 0 spiro atoms. The number of rotatable bonds is 7. The minimum Gasteiger partial charge on any atom is -0.495 e. The second kappa shape index (κ2) is 10.0. The Balaban J connectivity index is 1.71. The van der Waals surface area contributed by atoms with Gasteiger partial charge < -0.3 is 19.9 Å². The summed E-state index contributed by atoms with van der Waals surface area (Å²) < 4.78 is 3.66. The van der Waals surface area contributed by atoms with Crippen molar-refractivity contribution in [2.24, 2.45) is 0 Å². The van der Waals surface area contributed by atoms with Crippen LogP contribution in [0, 0.1) is 0 Å². The van der Waals surface area contributed by atoms with Gasteiger partial charge in [-0.05, 0) is 48.5 Å². The van der Waals surface area contributed by atoms with Crippen LogP contribution < -0.4 is 15.0 Å². The molecule has 1 aliphatic heterocycles. The van der Waals surface area contributed by atoms with Crippen molar-refractivity contribution in [3.05, 3.63) is 54.4 Å². The summed E-state index contributed by atoms with van der Waals surface area (Å²) in [5, 5.41) is 3.28. The van der Waals surface area contributed by atoms with Crippen LogP contribution in [0.1, 0.15) is 12.0 Å². The first-order chi connectivity index (χ1) is 14.3. The summed E-state index contributed by atoms with van der Waals surface area (Å²) in [5.41, 5.74) is 1.82. The van der Waals surface area contributed by atoms with Gasteiger partial charge in [0.2, 0.25) is 9.70 Å². The highest BCUT2D eigenvalue weighted by Crippen LogP contribution is 2.36. The molecule has 1 atom stereocenters. The van der Waals surface area contributed by atoms with E-state index in [1.807, 2.05) is 41.3 Å². The van der Waals surface area contributed by atoms with E-state index in [0.29, 0.717) is 30.4 Å². The predicted molar refractivity (Wildman–Crippen MR) is 124 cm³/mol. The van der Waals surface area contributed by atoms with E-state index >= 15 is 0 Å². The molecule has 0 radical (unpaired) electrons. The number of carbonyl (C=O) groups is 1. The first kappa shape index (κ1) is 22.9. The smallest absolute Gasteiger partial charge is 0.228 e. The SMILES string of the molecule is COc1ccccc1N1CCN(C(NC(=O)CCc2ccncc2)C(Cl)(Cl)Cl)C1=S. The molecule has 0 aliphatic carbocycles. The molecule has 30 heavy (non-hydrogen) atoms. The first-order valence-electron chi connectivity index (χ1n) is 9.27. The van der Waals surface area contributed by atoms with Crippen molar-refractivity contribution in [3.8, 4) is 5.75 Å². The Kier molecular flexibility index (Phi) is 7.63. The summed E-state index contributed by atoms with van der Waals surface area (Å²) in [5.74, 6) is 0.454. The Labute approximate surface area is 196 Å². The molecule has 160 valence electrons. The van der Waals surface area contributed by atoms with Gasteiger partial charge in [0.05, 0.1) is 12.8 Å². The Morgan fingerprint density at radius 2 is 1.93 bits per heavy atom. The summed E-state index contributed by atoms with van der Waals surface area (Å²) in [6.07, 6.45) is 3.27. The zero-order valence-electron chi connectivity index (χ0n) is 16.2. The normalized spacial score (nSPS) is 15.3. The summed E-state index contributed by atoms with van der Waals surface area (Å²) >= 11 is 24.3. The van der Waals surface area contributed by atoms with Crippen LogP contribution in [0.5, 0.6) is 5.75 Å². The number of alkyl halides is 3. The largest absolute Gasteiger partial charge is 0.495 e. The van der Waals surface area contributed by atoms with E-state index in [4.69, 9.17) is 51.8 Å². The predicted octanol–water partition coefficient (Wildman–Crippen LogP) is 3.94. The molecule has 10 heteroatoms. The number of carbonyl (C=O) groups excluding carboxylic acids is 1. The molecule has 2 heterocycles. The van der Waals surface area contributed by atoms with E-state index in [2.05, 4.69) is 10.3 Å². The van der Waals surface area contributed by atoms with Gasteiger partial charge in [-0.2, -0.15) is 0 Å². The minimum atomic E-state index is -1.77. The number of aromatic nitrogens is 1. The van der Waals surface area contributed by atoms with E-state index < -0.39 is 9.96 Å². The van der Waals surface area contributed by atoms with Crippen molar-refractivity contribution < 1.29 is 9.53 Å². The molecule has 0 saturated carbocycles. The van der Waals surface area contributed by atoms with Gasteiger partial charge in [-0.15, -0.1) is 0 Å². The molecule has 1 aliphatic rings. The van der Waals surface area contributed by atoms with Gasteiger partial charge in [-0.3, -0.25) is 9.78 Å². The quantitative estimate of drug-likeness (QED) is 0.471. The monoisotopic (exact) mass is 486 g/mol. The summed E-state index contributed by atoms with van der Waals surface area (Å²) in [7, 11) is 1.60. The molecule has 3 rings (SSSR count). The zero-order valence-corrected chi connectivity index (χ0v) is 19.3. The number of ether oxygens (including phenoxy) is 1. The van der Waals surface area contributed by atoms with E-state index in [1.54, 1.807) is 24.4 Å². The molecule has 2 aromatic rings. The summed E-state index contributed by atoms with van der Waals surface area (Å²) in [4.78, 5) is 20.2. The molecule has 6 nitrogen and oxygen atoms in total. The van der Waals surface area contributed by atoms with Gasteiger partial charge in [-0.1, -0.05) is 46.9 Å². The number of nitrogens with zero attached hydrogens (tertiary/aromatic N) is 3. The van der Waals surface area contributed by atoms with Crippen molar-refractivity contribution in [2.75, 3.05) is 25.1 Å².